The maximum Gasteiger partial charge on any atom is 0.273 e. The first-order valence-electron chi connectivity index (χ1n) is 8.19. The van der Waals surface area contributed by atoms with E-state index in [4.69, 9.17) is 9.47 Å². The maximum absolute atomic E-state index is 12.7. The lowest BCUT2D eigenvalue weighted by molar-refractivity contribution is -0.385. The number of rotatable bonds is 7. The Balaban J connectivity index is 2.29. The molecule has 2 aromatic carbocycles. The maximum atomic E-state index is 12.7. The fourth-order valence-corrected chi connectivity index (χ4v) is 2.79. The van der Waals surface area contributed by atoms with E-state index in [0.717, 1.165) is 5.56 Å². The quantitative estimate of drug-likeness (QED) is 0.600. The number of ether oxygens (including phenoxy) is 2. The third-order valence-corrected chi connectivity index (χ3v) is 4.27. The van der Waals surface area contributed by atoms with E-state index in [0.29, 0.717) is 23.5 Å². The Labute approximate surface area is 152 Å². The van der Waals surface area contributed by atoms with Crippen LogP contribution in [0.15, 0.2) is 36.4 Å². The van der Waals surface area contributed by atoms with Crippen LogP contribution in [0.3, 0.4) is 0 Å². The second-order valence-corrected chi connectivity index (χ2v) is 5.76. The van der Waals surface area contributed by atoms with E-state index in [-0.39, 0.29) is 23.2 Å². The highest BCUT2D eigenvalue weighted by Crippen LogP contribution is 2.31. The molecule has 0 saturated carbocycles. The molecule has 0 fully saturated rings. The number of benzene rings is 2. The van der Waals surface area contributed by atoms with Gasteiger partial charge in [-0.1, -0.05) is 19.1 Å². The lowest BCUT2D eigenvalue weighted by atomic mass is 10.0. The van der Waals surface area contributed by atoms with Gasteiger partial charge in [0.25, 0.3) is 11.6 Å². The molecular formula is C19H22N2O5. The molecule has 0 aliphatic rings. The van der Waals surface area contributed by atoms with Crippen LogP contribution in [0.5, 0.6) is 11.5 Å². The Morgan fingerprint density at radius 3 is 2.46 bits per heavy atom. The number of nitrogens with one attached hydrogen (secondary N) is 1. The molecule has 0 aliphatic carbocycles. The van der Waals surface area contributed by atoms with Crippen LogP contribution < -0.4 is 14.8 Å². The zero-order chi connectivity index (χ0) is 19.3. The van der Waals surface area contributed by atoms with E-state index in [1.54, 1.807) is 33.3 Å². The van der Waals surface area contributed by atoms with Crippen LogP contribution in [0.25, 0.3) is 0 Å². The summed E-state index contributed by atoms with van der Waals surface area (Å²) < 4.78 is 10.5. The van der Waals surface area contributed by atoms with Crippen molar-refractivity contribution in [3.8, 4) is 11.5 Å². The van der Waals surface area contributed by atoms with Crippen molar-refractivity contribution in [1.82, 2.24) is 5.32 Å². The van der Waals surface area contributed by atoms with Crippen LogP contribution in [0.1, 0.15) is 40.9 Å². The molecule has 2 rings (SSSR count). The summed E-state index contributed by atoms with van der Waals surface area (Å²) >= 11 is 0. The van der Waals surface area contributed by atoms with Crippen LogP contribution in [0.4, 0.5) is 5.69 Å². The third-order valence-electron chi connectivity index (χ3n) is 4.27. The van der Waals surface area contributed by atoms with Crippen LogP contribution in [-0.2, 0) is 0 Å². The molecule has 2 aromatic rings. The van der Waals surface area contributed by atoms with Crippen molar-refractivity contribution in [3.05, 3.63) is 63.2 Å². The Hall–Kier alpha value is -3.09. The highest BCUT2D eigenvalue weighted by Gasteiger charge is 2.21. The lowest BCUT2D eigenvalue weighted by Crippen LogP contribution is -2.28. The molecule has 0 aliphatic heterocycles. The number of hydrogen-bond donors (Lipinski definition) is 1. The molecule has 0 saturated heterocycles. The molecular weight excluding hydrogens is 336 g/mol. The lowest BCUT2D eigenvalue weighted by Gasteiger charge is -2.19. The molecule has 0 aromatic heterocycles. The van der Waals surface area contributed by atoms with Crippen LogP contribution in [-0.4, -0.2) is 25.1 Å². The van der Waals surface area contributed by atoms with Gasteiger partial charge in [0.1, 0.15) is 0 Å². The summed E-state index contributed by atoms with van der Waals surface area (Å²) in [5, 5.41) is 14.0. The van der Waals surface area contributed by atoms with Crippen LogP contribution in [0.2, 0.25) is 0 Å². The number of nitrogens with zero attached hydrogens (tertiary/aromatic N) is 1. The molecule has 138 valence electrons. The molecule has 26 heavy (non-hydrogen) atoms. The number of carbonyl (C=O) groups is 1. The minimum atomic E-state index is -0.488. The molecule has 0 heterocycles. The molecule has 7 heteroatoms. The second-order valence-electron chi connectivity index (χ2n) is 5.76. The number of nitro groups is 1. The number of amides is 1. The molecule has 0 unspecified atom stereocenters. The average Bonchev–Trinajstić information content (AvgIpc) is 2.65. The zero-order valence-corrected chi connectivity index (χ0v) is 15.2. The van der Waals surface area contributed by atoms with Gasteiger partial charge in [-0.25, -0.2) is 0 Å². The first kappa shape index (κ1) is 19.2. The first-order chi connectivity index (χ1) is 12.4. The van der Waals surface area contributed by atoms with Crippen LogP contribution >= 0.6 is 0 Å². The van der Waals surface area contributed by atoms with Gasteiger partial charge in [0.05, 0.1) is 25.2 Å². The highest BCUT2D eigenvalue weighted by atomic mass is 16.6. The average molecular weight is 358 g/mol. The number of nitro benzene ring substituents is 1. The molecule has 1 N–H and O–H groups in total. The Morgan fingerprint density at radius 1 is 1.19 bits per heavy atom. The molecule has 0 radical (unpaired) electrons. The minimum Gasteiger partial charge on any atom is -0.493 e. The topological polar surface area (TPSA) is 90.7 Å². The van der Waals surface area contributed by atoms with Crippen molar-refractivity contribution in [1.29, 1.82) is 0 Å². The van der Waals surface area contributed by atoms with E-state index in [1.807, 2.05) is 19.1 Å². The van der Waals surface area contributed by atoms with Crippen molar-refractivity contribution in [3.63, 3.8) is 0 Å². The van der Waals surface area contributed by atoms with Crippen LogP contribution in [0, 0.1) is 17.0 Å². The number of hydrogen-bond acceptors (Lipinski definition) is 5. The predicted octanol–water partition coefficient (Wildman–Crippen LogP) is 3.80. The Kier molecular flexibility index (Phi) is 6.16. The van der Waals surface area contributed by atoms with E-state index < -0.39 is 4.92 Å². The van der Waals surface area contributed by atoms with Crippen molar-refractivity contribution in [2.24, 2.45) is 0 Å². The highest BCUT2D eigenvalue weighted by molar-refractivity contribution is 5.96. The van der Waals surface area contributed by atoms with Gasteiger partial charge in [-0.15, -0.1) is 0 Å². The standard InChI is InChI=1S/C19H22N2O5/c1-5-15(13-9-10-17(25-3)18(11-13)26-4)20-19(22)14-7-6-8-16(12(14)2)21(23)24/h6-11,15H,5H2,1-4H3,(H,20,22)/t15-/m1/s1. The summed E-state index contributed by atoms with van der Waals surface area (Å²) in [6.45, 7) is 3.52. The third kappa shape index (κ3) is 3.93. The summed E-state index contributed by atoms with van der Waals surface area (Å²) in [5.41, 5.74) is 1.42. The second kappa shape index (κ2) is 8.33. The molecule has 1 amide bonds. The van der Waals surface area contributed by atoms with E-state index in [1.165, 1.54) is 12.1 Å². The van der Waals surface area contributed by atoms with Crippen molar-refractivity contribution in [2.45, 2.75) is 26.3 Å². The SMILES string of the molecule is CC[C@@H](NC(=O)c1cccc([N+](=O)[O-])c1C)c1ccc(OC)c(OC)c1. The van der Waals surface area contributed by atoms with Crippen molar-refractivity contribution < 1.29 is 19.2 Å². The zero-order valence-electron chi connectivity index (χ0n) is 15.2. The normalized spacial score (nSPS) is 11.5. The minimum absolute atomic E-state index is 0.0724. The first-order valence-corrected chi connectivity index (χ1v) is 8.19. The summed E-state index contributed by atoms with van der Waals surface area (Å²) in [5.74, 6) is 0.823. The largest absolute Gasteiger partial charge is 0.493 e. The summed E-state index contributed by atoms with van der Waals surface area (Å²) in [6, 6.07) is 9.67. The Morgan fingerprint density at radius 2 is 1.88 bits per heavy atom. The number of carbonyl (C=O) groups excluding carboxylic acids is 1. The van der Waals surface area contributed by atoms with Crippen molar-refractivity contribution >= 4 is 11.6 Å². The van der Waals surface area contributed by atoms with Gasteiger partial charge in [0, 0.05) is 17.2 Å². The van der Waals surface area contributed by atoms with Gasteiger partial charge in [-0.05, 0) is 37.1 Å². The molecule has 0 bridgehead atoms. The number of methoxy groups -OCH3 is 2. The van der Waals surface area contributed by atoms with Gasteiger partial charge in [-0.2, -0.15) is 0 Å². The Bertz CT molecular complexity index is 820. The smallest absolute Gasteiger partial charge is 0.273 e. The van der Waals surface area contributed by atoms with Crippen molar-refractivity contribution in [2.75, 3.05) is 14.2 Å². The van der Waals surface area contributed by atoms with E-state index in [2.05, 4.69) is 5.32 Å². The van der Waals surface area contributed by atoms with E-state index in [9.17, 15) is 14.9 Å². The van der Waals surface area contributed by atoms with Gasteiger partial charge in [-0.3, -0.25) is 14.9 Å². The fourth-order valence-electron chi connectivity index (χ4n) is 2.79. The molecule has 1 atom stereocenters. The monoisotopic (exact) mass is 358 g/mol. The van der Waals surface area contributed by atoms with Gasteiger partial charge >= 0.3 is 0 Å². The summed E-state index contributed by atoms with van der Waals surface area (Å²) in [6.07, 6.45) is 0.648. The fraction of sp³-hybridized carbons (Fsp3) is 0.316. The summed E-state index contributed by atoms with van der Waals surface area (Å²) in [7, 11) is 3.11. The van der Waals surface area contributed by atoms with Gasteiger partial charge in [0.15, 0.2) is 11.5 Å². The molecule has 7 nitrogen and oxygen atoms in total. The summed E-state index contributed by atoms with van der Waals surface area (Å²) in [4.78, 5) is 23.3. The predicted molar refractivity (Wildman–Crippen MR) is 97.9 cm³/mol. The van der Waals surface area contributed by atoms with Gasteiger partial charge in [0.2, 0.25) is 0 Å². The molecule has 0 spiro atoms. The van der Waals surface area contributed by atoms with Gasteiger partial charge < -0.3 is 14.8 Å². The van der Waals surface area contributed by atoms with E-state index >= 15 is 0 Å².